The fourth-order valence-electron chi connectivity index (χ4n) is 5.13. The summed E-state index contributed by atoms with van der Waals surface area (Å²) in [4.78, 5) is 8.43. The quantitative estimate of drug-likeness (QED) is 0.405. The minimum absolute atomic E-state index is 0.136. The van der Waals surface area contributed by atoms with Crippen molar-refractivity contribution in [2.75, 3.05) is 11.9 Å². The molecule has 4 aromatic heterocycles. The smallest absolute Gasteiger partial charge is 0.356 e. The van der Waals surface area contributed by atoms with Crippen molar-refractivity contribution in [2.24, 2.45) is 0 Å². The number of aromatic nitrogens is 6. The zero-order valence-electron chi connectivity index (χ0n) is 19.1. The predicted octanol–water partition coefficient (Wildman–Crippen LogP) is 5.60. The van der Waals surface area contributed by atoms with Crippen LogP contribution in [0.3, 0.4) is 0 Å². The molecule has 0 aromatic carbocycles. The Morgan fingerprint density at radius 3 is 2.57 bits per heavy atom. The highest BCUT2D eigenvalue weighted by atomic mass is 19.4. The standard InChI is InChI=1S/C24H26F3N7O/c25-24(26,27)16-14-28-23(29-15-8-2-1-3-9-15)30-20(16)21-19-17-10-4-6-12-33(17)32-22(19)34(31-21)18-11-5-7-13-35-18/h4,6,10,12,14-15,18H,1-3,5,7-9,11,13H2,(H,28,29,30). The predicted molar refractivity (Wildman–Crippen MR) is 124 cm³/mol. The number of hydrogen-bond donors (Lipinski definition) is 1. The van der Waals surface area contributed by atoms with E-state index in [4.69, 9.17) is 4.74 Å². The summed E-state index contributed by atoms with van der Waals surface area (Å²) in [7, 11) is 0. The van der Waals surface area contributed by atoms with E-state index in [-0.39, 0.29) is 29.6 Å². The lowest BCUT2D eigenvalue weighted by molar-refractivity contribution is -0.137. The number of fused-ring (bicyclic) bond motifs is 3. The van der Waals surface area contributed by atoms with Crippen molar-refractivity contribution >= 4 is 22.5 Å². The van der Waals surface area contributed by atoms with E-state index in [9.17, 15) is 13.2 Å². The van der Waals surface area contributed by atoms with E-state index in [2.05, 4.69) is 25.5 Å². The highest BCUT2D eigenvalue weighted by molar-refractivity contribution is 6.03. The molecule has 1 saturated heterocycles. The number of nitrogens with one attached hydrogen (secondary N) is 1. The van der Waals surface area contributed by atoms with Gasteiger partial charge in [0.1, 0.15) is 17.0 Å². The second kappa shape index (κ2) is 8.78. The van der Waals surface area contributed by atoms with Crippen molar-refractivity contribution in [3.05, 3.63) is 36.2 Å². The van der Waals surface area contributed by atoms with Crippen LogP contribution in [-0.4, -0.2) is 42.0 Å². The van der Waals surface area contributed by atoms with E-state index < -0.39 is 11.7 Å². The number of ether oxygens (including phenoxy) is 1. The molecule has 1 N–H and O–H groups in total. The van der Waals surface area contributed by atoms with Gasteiger partial charge in [-0.05, 0) is 44.2 Å². The van der Waals surface area contributed by atoms with Crippen LogP contribution >= 0.6 is 0 Å². The van der Waals surface area contributed by atoms with Crippen molar-refractivity contribution in [1.82, 2.24) is 29.4 Å². The molecule has 0 bridgehead atoms. The first-order chi connectivity index (χ1) is 17.0. The number of halogens is 3. The summed E-state index contributed by atoms with van der Waals surface area (Å²) >= 11 is 0. The van der Waals surface area contributed by atoms with Crippen LogP contribution < -0.4 is 5.32 Å². The summed E-state index contributed by atoms with van der Waals surface area (Å²) in [6.45, 7) is 0.575. The third-order valence-corrected chi connectivity index (χ3v) is 6.87. The molecule has 4 aromatic rings. The van der Waals surface area contributed by atoms with E-state index in [1.807, 2.05) is 18.2 Å². The van der Waals surface area contributed by atoms with Crippen LogP contribution in [0.15, 0.2) is 30.6 Å². The zero-order valence-corrected chi connectivity index (χ0v) is 19.1. The molecule has 1 atom stereocenters. The third kappa shape index (κ3) is 4.11. The SMILES string of the molecule is FC(F)(F)c1cnc(NC2CCCCC2)nc1-c1nn(C2CCCCO2)c2nn3ccccc3c12. The molecule has 1 aliphatic heterocycles. The number of rotatable bonds is 4. The van der Waals surface area contributed by atoms with Crippen molar-refractivity contribution in [3.63, 3.8) is 0 Å². The average Bonchev–Trinajstić information content (AvgIpc) is 3.42. The summed E-state index contributed by atoms with van der Waals surface area (Å²) in [6.07, 6.45) is 5.45. The minimum Gasteiger partial charge on any atom is -0.356 e. The molecular weight excluding hydrogens is 459 g/mol. The molecule has 2 fully saturated rings. The van der Waals surface area contributed by atoms with Crippen LogP contribution in [-0.2, 0) is 10.9 Å². The van der Waals surface area contributed by atoms with Crippen molar-refractivity contribution in [2.45, 2.75) is 69.8 Å². The van der Waals surface area contributed by atoms with Gasteiger partial charge in [0.05, 0.1) is 10.9 Å². The van der Waals surface area contributed by atoms with E-state index in [0.29, 0.717) is 29.6 Å². The molecule has 8 nitrogen and oxygen atoms in total. The Hall–Kier alpha value is -3.21. The maximum atomic E-state index is 14.1. The highest BCUT2D eigenvalue weighted by Gasteiger charge is 2.38. The third-order valence-electron chi connectivity index (χ3n) is 6.87. The lowest BCUT2D eigenvalue weighted by Crippen LogP contribution is -2.24. The van der Waals surface area contributed by atoms with Crippen molar-refractivity contribution < 1.29 is 17.9 Å². The first-order valence-corrected chi connectivity index (χ1v) is 12.2. The van der Waals surface area contributed by atoms with Gasteiger partial charge in [-0.15, -0.1) is 5.10 Å². The lowest BCUT2D eigenvalue weighted by atomic mass is 9.96. The van der Waals surface area contributed by atoms with Gasteiger partial charge in [0.25, 0.3) is 0 Å². The van der Waals surface area contributed by atoms with Gasteiger partial charge in [-0.2, -0.15) is 18.3 Å². The number of pyridine rings is 1. The number of anilines is 1. The Labute approximate surface area is 199 Å². The maximum Gasteiger partial charge on any atom is 0.420 e. The number of nitrogens with zero attached hydrogens (tertiary/aromatic N) is 6. The molecule has 1 unspecified atom stereocenters. The van der Waals surface area contributed by atoms with Gasteiger partial charge in [-0.1, -0.05) is 25.3 Å². The summed E-state index contributed by atoms with van der Waals surface area (Å²) in [6, 6.07) is 5.63. The molecular formula is C24H26F3N7O. The fourth-order valence-corrected chi connectivity index (χ4v) is 5.13. The second-order valence-corrected chi connectivity index (χ2v) is 9.28. The molecule has 5 heterocycles. The monoisotopic (exact) mass is 485 g/mol. The molecule has 1 aliphatic carbocycles. The van der Waals surface area contributed by atoms with Crippen LogP contribution in [0.2, 0.25) is 0 Å². The Bertz CT molecular complexity index is 1350. The topological polar surface area (TPSA) is 82.2 Å². The number of alkyl halides is 3. The molecule has 0 radical (unpaired) electrons. The molecule has 0 spiro atoms. The summed E-state index contributed by atoms with van der Waals surface area (Å²) < 4.78 is 51.6. The Morgan fingerprint density at radius 2 is 1.80 bits per heavy atom. The van der Waals surface area contributed by atoms with Gasteiger partial charge in [0.15, 0.2) is 11.9 Å². The van der Waals surface area contributed by atoms with Gasteiger partial charge < -0.3 is 10.1 Å². The molecule has 11 heteroatoms. The van der Waals surface area contributed by atoms with Gasteiger partial charge in [-0.3, -0.25) is 0 Å². The zero-order chi connectivity index (χ0) is 24.0. The number of hydrogen-bond acceptors (Lipinski definition) is 6. The van der Waals surface area contributed by atoms with Crippen molar-refractivity contribution in [3.8, 4) is 11.4 Å². The van der Waals surface area contributed by atoms with Crippen LogP contribution in [0.25, 0.3) is 27.9 Å². The van der Waals surface area contributed by atoms with Crippen molar-refractivity contribution in [1.29, 1.82) is 0 Å². The van der Waals surface area contributed by atoms with Crippen LogP contribution in [0.1, 0.15) is 63.2 Å². The van der Waals surface area contributed by atoms with Crippen LogP contribution in [0.4, 0.5) is 19.1 Å². The largest absolute Gasteiger partial charge is 0.420 e. The van der Waals surface area contributed by atoms with Crippen LogP contribution in [0.5, 0.6) is 0 Å². The molecule has 35 heavy (non-hydrogen) atoms. The first-order valence-electron chi connectivity index (χ1n) is 12.2. The normalized spacial score (nSPS) is 20.0. The first kappa shape index (κ1) is 22.3. The molecule has 1 saturated carbocycles. The Morgan fingerprint density at radius 1 is 0.971 bits per heavy atom. The van der Waals surface area contributed by atoms with E-state index in [1.165, 1.54) is 6.42 Å². The molecule has 0 amide bonds. The van der Waals surface area contributed by atoms with Gasteiger partial charge in [0.2, 0.25) is 5.95 Å². The maximum absolute atomic E-state index is 14.1. The van der Waals surface area contributed by atoms with Gasteiger partial charge in [0, 0.05) is 25.0 Å². The molecule has 6 rings (SSSR count). The van der Waals surface area contributed by atoms with Gasteiger partial charge in [-0.25, -0.2) is 19.2 Å². The lowest BCUT2D eigenvalue weighted by Gasteiger charge is -2.23. The van der Waals surface area contributed by atoms with E-state index >= 15 is 0 Å². The minimum atomic E-state index is -4.64. The molecule has 184 valence electrons. The Kier molecular flexibility index (Phi) is 5.58. The van der Waals surface area contributed by atoms with Gasteiger partial charge >= 0.3 is 6.18 Å². The molecule has 2 aliphatic rings. The van der Waals surface area contributed by atoms with E-state index in [0.717, 1.165) is 44.7 Å². The fraction of sp³-hybridized carbons (Fsp3) is 0.500. The average molecular weight is 486 g/mol. The second-order valence-electron chi connectivity index (χ2n) is 9.28. The van der Waals surface area contributed by atoms with E-state index in [1.54, 1.807) is 15.4 Å². The Balaban J connectivity index is 1.54. The highest BCUT2D eigenvalue weighted by Crippen LogP contribution is 2.40. The van der Waals surface area contributed by atoms with Crippen LogP contribution in [0, 0.1) is 0 Å². The summed E-state index contributed by atoms with van der Waals surface area (Å²) in [5.74, 6) is 0.188. The summed E-state index contributed by atoms with van der Waals surface area (Å²) in [5, 5.41) is 13.1. The summed E-state index contributed by atoms with van der Waals surface area (Å²) in [5.41, 5.74) is 0.110.